The molecule has 0 spiro atoms. The Kier molecular flexibility index (Phi) is 94.3. The van der Waals surface area contributed by atoms with Crippen LogP contribution in [0.1, 0.15) is 612 Å². The largest absolute Gasteiger partial charge is 0.786 e. The Hall–Kier alpha value is -2.83. The third-order valence-corrected chi connectivity index (χ3v) is 30.3. The number of rotatable bonds is 102. The molecular formula is C124H216NiO8S4-4. The zero-order valence-electron chi connectivity index (χ0n) is 90.7. The minimum absolute atomic E-state index is 0. The summed E-state index contributed by atoms with van der Waals surface area (Å²) in [5, 5.41) is -1.24. The maximum absolute atomic E-state index is 6.53. The van der Waals surface area contributed by atoms with E-state index in [-0.39, 0.29) is 37.5 Å². The van der Waals surface area contributed by atoms with Crippen molar-refractivity contribution in [2.24, 2.45) is 0 Å². The quantitative estimate of drug-likeness (QED) is 0.0240. The molecule has 137 heavy (non-hydrogen) atoms. The van der Waals surface area contributed by atoms with Gasteiger partial charge >= 0.3 is 0 Å². The van der Waals surface area contributed by atoms with E-state index < -0.39 is 0 Å². The predicted molar refractivity (Wildman–Crippen MR) is 605 cm³/mol. The third-order valence-electron chi connectivity index (χ3n) is 27.8. The molecule has 0 radical (unpaired) electrons. The van der Waals surface area contributed by atoms with E-state index in [0.29, 0.717) is 52.9 Å². The van der Waals surface area contributed by atoms with Crippen molar-refractivity contribution < 1.29 is 54.4 Å². The molecule has 0 heterocycles. The molecule has 0 aromatic heterocycles. The maximum atomic E-state index is 6.53. The van der Waals surface area contributed by atoms with Crippen molar-refractivity contribution >= 4 is 50.5 Å². The van der Waals surface area contributed by atoms with Gasteiger partial charge in [0.2, 0.25) is 0 Å². The molecule has 0 saturated carbocycles. The molecule has 0 aliphatic rings. The van der Waals surface area contributed by atoms with E-state index in [1.807, 2.05) is 0 Å². The van der Waals surface area contributed by atoms with Gasteiger partial charge in [-0.05, 0) is 99.9 Å². The van der Waals surface area contributed by atoms with E-state index >= 15 is 0 Å². The molecule has 4 atom stereocenters. The Morgan fingerprint density at radius 2 is 0.234 bits per heavy atom. The molecule has 4 rings (SSSR count). The second-order valence-electron chi connectivity index (χ2n) is 40.8. The van der Waals surface area contributed by atoms with Gasteiger partial charge < -0.3 is 88.4 Å². The summed E-state index contributed by atoms with van der Waals surface area (Å²) < 4.78 is 51.8. The van der Waals surface area contributed by atoms with Gasteiger partial charge in [-0.15, -0.1) is 0 Å². The molecule has 13 heteroatoms. The molecule has 4 unspecified atom stereocenters. The van der Waals surface area contributed by atoms with Gasteiger partial charge in [0.15, 0.2) is 46.0 Å². The summed E-state index contributed by atoms with van der Waals surface area (Å²) >= 11 is 25.1. The Balaban J connectivity index is 0.000000920. The van der Waals surface area contributed by atoms with Gasteiger partial charge in [-0.25, -0.2) is 0 Å². The van der Waals surface area contributed by atoms with Crippen molar-refractivity contribution in [2.75, 3.05) is 52.9 Å². The molecule has 0 fully saturated rings. The SMILES string of the molecule is CCCCCCCCCCCCOc1ccc(C([S-])C([S-])c2ccc(OCCCCCCCCCCCC)c(OCCCCCCCCCCCC)c2)cc1OCCCCCCCCCCCC.CCCCCCCCCCCCOc1ccc(C([S-])C([S-])c2ccc(OCCCCCCCCCCCC)c(OCCCCCCCCCCCC)c2)cc1OCCCCCCCCCCCC.[Ni]. The van der Waals surface area contributed by atoms with E-state index in [1.54, 1.807) is 0 Å². The van der Waals surface area contributed by atoms with Crippen LogP contribution in [0.5, 0.6) is 46.0 Å². The van der Waals surface area contributed by atoms with E-state index in [2.05, 4.69) is 128 Å². The molecule has 0 amide bonds. The average Bonchev–Trinajstić information content (AvgIpc) is 0.818. The van der Waals surface area contributed by atoms with E-state index in [4.69, 9.17) is 88.4 Å². The smallest absolute Gasteiger partial charge is 0.161 e. The molecular weight excluding hydrogens is 1800 g/mol. The van der Waals surface area contributed by atoms with Gasteiger partial charge in [-0.1, -0.05) is 564 Å². The van der Waals surface area contributed by atoms with Crippen LogP contribution in [0.3, 0.4) is 0 Å². The minimum Gasteiger partial charge on any atom is -0.786 e. The first-order valence-electron chi connectivity index (χ1n) is 59.3. The molecule has 0 aliphatic carbocycles. The Morgan fingerprint density at radius 1 is 0.139 bits per heavy atom. The van der Waals surface area contributed by atoms with E-state index in [1.165, 1.54) is 462 Å². The number of hydrogen-bond acceptors (Lipinski definition) is 12. The normalized spacial score (nSPS) is 12.3. The Bertz CT molecular complexity index is 2780. The molecule has 4 aromatic rings. The van der Waals surface area contributed by atoms with Crippen molar-refractivity contribution in [2.45, 2.75) is 590 Å². The fourth-order valence-corrected chi connectivity index (χ4v) is 19.8. The zero-order valence-corrected chi connectivity index (χ0v) is 94.9. The van der Waals surface area contributed by atoms with Crippen molar-refractivity contribution in [1.82, 2.24) is 0 Å². The van der Waals surface area contributed by atoms with Crippen molar-refractivity contribution in [3.8, 4) is 46.0 Å². The second kappa shape index (κ2) is 99.2. The summed E-state index contributed by atoms with van der Waals surface area (Å²) in [6, 6.07) is 25.2. The van der Waals surface area contributed by atoms with E-state index in [9.17, 15) is 0 Å². The number of benzene rings is 4. The number of hydrogen-bond donors (Lipinski definition) is 0. The fraction of sp³-hybridized carbons (Fsp3) is 0.806. The van der Waals surface area contributed by atoms with Crippen LogP contribution in [-0.4, -0.2) is 52.9 Å². The van der Waals surface area contributed by atoms with E-state index in [0.717, 1.165) is 120 Å². The van der Waals surface area contributed by atoms with Crippen molar-refractivity contribution in [3.05, 3.63) is 95.1 Å². The molecule has 0 N–H and O–H groups in total. The molecule has 8 nitrogen and oxygen atoms in total. The standard InChI is InChI=1S/2C62H110O4S2.Ni/c2*1-5-9-13-17-21-25-29-33-37-41-49-63-57-47-45-55(53-59(57)65-51-43-39-35-31-27-23-19-15-11-7-3)61(67)62(68)56-46-48-58(64-50-42-38-34-30-26-22-18-14-10-6-2)60(54-56)66-52-44-40-36-32-28-24-20-16-12-8-4;/h2*45-48,53-54,61-62,67-68H,5-44,49-52H2,1-4H3;/p-4. The van der Waals surface area contributed by atoms with Crippen LogP contribution in [0, 0.1) is 0 Å². The average molecular weight is 2020 g/mol. The van der Waals surface area contributed by atoms with Crippen LogP contribution >= 0.6 is 0 Å². The topological polar surface area (TPSA) is 73.8 Å². The van der Waals surface area contributed by atoms with Crippen LogP contribution in [0.4, 0.5) is 0 Å². The first-order chi connectivity index (χ1) is 67.1. The van der Waals surface area contributed by atoms with Gasteiger partial charge in [-0.2, -0.15) is 21.0 Å². The molecule has 798 valence electrons. The van der Waals surface area contributed by atoms with Crippen LogP contribution in [-0.2, 0) is 67.0 Å². The van der Waals surface area contributed by atoms with Gasteiger partial charge in [-0.3, -0.25) is 0 Å². The number of ether oxygens (including phenoxy) is 8. The second-order valence-corrected chi connectivity index (χ2v) is 42.8. The fourth-order valence-electron chi connectivity index (χ4n) is 18.6. The summed E-state index contributed by atoms with van der Waals surface area (Å²) in [6.07, 6.45) is 105. The minimum atomic E-state index is -0.311. The number of unbranched alkanes of at least 4 members (excludes halogenated alkanes) is 72. The van der Waals surface area contributed by atoms with Crippen LogP contribution in [0.15, 0.2) is 72.8 Å². The first kappa shape index (κ1) is 130. The predicted octanol–water partition coefficient (Wildman–Crippen LogP) is 41.5. The molecule has 4 aromatic carbocycles. The summed E-state index contributed by atoms with van der Waals surface area (Å²) in [7, 11) is 0. The van der Waals surface area contributed by atoms with Crippen LogP contribution < -0.4 is 37.9 Å². The summed E-state index contributed by atoms with van der Waals surface area (Å²) in [5.41, 5.74) is 4.05. The van der Waals surface area contributed by atoms with Crippen LogP contribution in [0.2, 0.25) is 0 Å². The van der Waals surface area contributed by atoms with Crippen LogP contribution in [0.25, 0.3) is 0 Å². The summed E-state index contributed by atoms with van der Waals surface area (Å²) in [6.45, 7) is 23.9. The van der Waals surface area contributed by atoms with Gasteiger partial charge in [0.05, 0.1) is 52.9 Å². The molecule has 0 saturated heterocycles. The monoisotopic (exact) mass is 2020 g/mol. The maximum Gasteiger partial charge on any atom is 0.161 e. The van der Waals surface area contributed by atoms with Gasteiger partial charge in [0.1, 0.15) is 0 Å². The summed E-state index contributed by atoms with van der Waals surface area (Å²) in [5.74, 6) is 6.52. The molecule has 0 bridgehead atoms. The van der Waals surface area contributed by atoms with Gasteiger partial charge in [0, 0.05) is 16.5 Å². The molecule has 0 aliphatic heterocycles. The third kappa shape index (κ3) is 73.0. The summed E-state index contributed by atoms with van der Waals surface area (Å²) in [4.78, 5) is 0. The Labute approximate surface area is 882 Å². The first-order valence-corrected chi connectivity index (χ1v) is 61.2. The van der Waals surface area contributed by atoms with Crippen molar-refractivity contribution in [3.63, 3.8) is 0 Å². The Morgan fingerprint density at radius 3 is 0.343 bits per heavy atom. The van der Waals surface area contributed by atoms with Crippen molar-refractivity contribution in [1.29, 1.82) is 0 Å². The zero-order chi connectivity index (χ0) is 97.6. The van der Waals surface area contributed by atoms with Gasteiger partial charge in [0.25, 0.3) is 0 Å².